The lowest BCUT2D eigenvalue weighted by Crippen LogP contribution is -2.02. The molecule has 0 aromatic rings. The fraction of sp³-hybridized carbons (Fsp3) is 1.00. The van der Waals surface area contributed by atoms with Gasteiger partial charge in [-0.1, -0.05) is 25.7 Å². The molecule has 0 radical (unpaired) electrons. The van der Waals surface area contributed by atoms with E-state index in [1.165, 1.54) is 38.5 Å². The first kappa shape index (κ1) is 12.0. The van der Waals surface area contributed by atoms with E-state index >= 15 is 0 Å². The monoisotopic (exact) mass is 200 g/mol. The molecule has 0 saturated carbocycles. The van der Waals surface area contributed by atoms with E-state index in [-0.39, 0.29) is 0 Å². The van der Waals surface area contributed by atoms with Crippen LogP contribution in [0.2, 0.25) is 0 Å². The van der Waals surface area contributed by atoms with E-state index in [1.807, 2.05) is 0 Å². The molecule has 1 rings (SSSR count). The third-order valence-electron chi connectivity index (χ3n) is 2.65. The summed E-state index contributed by atoms with van der Waals surface area (Å²) in [5.74, 6) is 0. The van der Waals surface area contributed by atoms with Gasteiger partial charge in [-0.2, -0.15) is 0 Å². The molecule has 14 heavy (non-hydrogen) atoms. The minimum Gasteiger partial charge on any atom is -0.381 e. The van der Waals surface area contributed by atoms with Gasteiger partial charge >= 0.3 is 0 Å². The molecule has 0 bridgehead atoms. The third kappa shape index (κ3) is 7.34. The lowest BCUT2D eigenvalue weighted by Gasteiger charge is -2.07. The van der Waals surface area contributed by atoms with Crippen LogP contribution in [0.5, 0.6) is 0 Å². The van der Waals surface area contributed by atoms with Gasteiger partial charge in [-0.25, -0.2) is 0 Å². The van der Waals surface area contributed by atoms with Gasteiger partial charge in [-0.3, -0.25) is 0 Å². The van der Waals surface area contributed by atoms with Crippen LogP contribution in [0.15, 0.2) is 0 Å². The van der Waals surface area contributed by atoms with Gasteiger partial charge in [0.15, 0.2) is 0 Å². The minimum atomic E-state index is 0.920. The van der Waals surface area contributed by atoms with Crippen molar-refractivity contribution in [2.75, 3.05) is 26.4 Å². The molecule has 0 aliphatic carbocycles. The highest BCUT2D eigenvalue weighted by Gasteiger charge is 1.95. The van der Waals surface area contributed by atoms with Crippen LogP contribution in [-0.2, 0) is 9.47 Å². The molecule has 0 spiro atoms. The Morgan fingerprint density at radius 2 is 0.643 bits per heavy atom. The Morgan fingerprint density at radius 3 is 1.07 bits per heavy atom. The van der Waals surface area contributed by atoms with Gasteiger partial charge < -0.3 is 9.47 Å². The number of rotatable bonds is 0. The number of ether oxygens (including phenoxy) is 2. The quantitative estimate of drug-likeness (QED) is 0.598. The van der Waals surface area contributed by atoms with Crippen LogP contribution in [-0.4, -0.2) is 26.4 Å². The zero-order chi connectivity index (χ0) is 9.90. The van der Waals surface area contributed by atoms with E-state index in [2.05, 4.69) is 0 Å². The molecule has 84 valence electrons. The van der Waals surface area contributed by atoms with Gasteiger partial charge in [-0.05, 0) is 25.7 Å². The molecular weight excluding hydrogens is 176 g/mol. The zero-order valence-electron chi connectivity index (χ0n) is 9.30. The normalized spacial score (nSPS) is 24.0. The van der Waals surface area contributed by atoms with Crippen LogP contribution in [0.25, 0.3) is 0 Å². The lowest BCUT2D eigenvalue weighted by atomic mass is 10.1. The van der Waals surface area contributed by atoms with Crippen molar-refractivity contribution < 1.29 is 9.47 Å². The van der Waals surface area contributed by atoms with Crippen LogP contribution >= 0.6 is 0 Å². The van der Waals surface area contributed by atoms with E-state index < -0.39 is 0 Å². The molecule has 1 aliphatic heterocycles. The highest BCUT2D eigenvalue weighted by atomic mass is 16.5. The second-order valence-corrected chi connectivity index (χ2v) is 4.05. The summed E-state index contributed by atoms with van der Waals surface area (Å²) >= 11 is 0. The van der Waals surface area contributed by atoms with Crippen molar-refractivity contribution in [3.63, 3.8) is 0 Å². The Hall–Kier alpha value is -0.0800. The first-order valence-corrected chi connectivity index (χ1v) is 6.15. The van der Waals surface area contributed by atoms with Crippen LogP contribution in [0, 0.1) is 0 Å². The van der Waals surface area contributed by atoms with E-state index in [4.69, 9.17) is 9.47 Å². The van der Waals surface area contributed by atoms with E-state index in [0.717, 1.165) is 39.3 Å². The summed E-state index contributed by atoms with van der Waals surface area (Å²) in [6, 6.07) is 0. The van der Waals surface area contributed by atoms with E-state index in [0.29, 0.717) is 0 Å². The molecule has 0 aromatic heterocycles. The predicted octanol–water partition coefficient (Wildman–Crippen LogP) is 3.15. The molecule has 1 saturated heterocycles. The summed E-state index contributed by atoms with van der Waals surface area (Å²) in [6.45, 7) is 3.76. The Morgan fingerprint density at radius 1 is 0.357 bits per heavy atom. The highest BCUT2D eigenvalue weighted by molar-refractivity contribution is 4.47. The molecule has 0 amide bonds. The van der Waals surface area contributed by atoms with E-state index in [1.54, 1.807) is 0 Å². The van der Waals surface area contributed by atoms with Gasteiger partial charge in [0.1, 0.15) is 0 Å². The first-order chi connectivity index (χ1) is 7.00. The largest absolute Gasteiger partial charge is 0.381 e. The maximum absolute atomic E-state index is 5.52. The lowest BCUT2D eigenvalue weighted by molar-refractivity contribution is 0.0970. The molecule has 0 atom stereocenters. The Kier molecular flexibility index (Phi) is 8.12. The second kappa shape index (κ2) is 9.47. The van der Waals surface area contributed by atoms with Crippen molar-refractivity contribution in [1.82, 2.24) is 0 Å². The van der Waals surface area contributed by atoms with Crippen LogP contribution in [0.3, 0.4) is 0 Å². The first-order valence-electron chi connectivity index (χ1n) is 6.15. The molecule has 1 fully saturated rings. The standard InChI is InChI=1S/C12H24O2/c1-2-4-6-10-14-12-8-7-11-13-9-5-3-1/h1-12H2. The number of hydrogen-bond donors (Lipinski definition) is 0. The summed E-state index contributed by atoms with van der Waals surface area (Å²) in [6.07, 6.45) is 10.2. The molecule has 2 nitrogen and oxygen atoms in total. The van der Waals surface area contributed by atoms with Crippen molar-refractivity contribution >= 4 is 0 Å². The zero-order valence-corrected chi connectivity index (χ0v) is 9.30. The minimum absolute atomic E-state index is 0.920. The molecule has 0 unspecified atom stereocenters. The van der Waals surface area contributed by atoms with Gasteiger partial charge in [0.25, 0.3) is 0 Å². The fourth-order valence-corrected chi connectivity index (χ4v) is 1.73. The van der Waals surface area contributed by atoms with Gasteiger partial charge in [0, 0.05) is 26.4 Å². The summed E-state index contributed by atoms with van der Waals surface area (Å²) in [7, 11) is 0. The summed E-state index contributed by atoms with van der Waals surface area (Å²) in [5, 5.41) is 0. The maximum atomic E-state index is 5.52. The van der Waals surface area contributed by atoms with Crippen molar-refractivity contribution in [2.24, 2.45) is 0 Å². The van der Waals surface area contributed by atoms with Crippen molar-refractivity contribution in [3.8, 4) is 0 Å². The highest BCUT2D eigenvalue weighted by Crippen LogP contribution is 2.06. The maximum Gasteiger partial charge on any atom is 0.0466 e. The topological polar surface area (TPSA) is 18.5 Å². The molecule has 1 heterocycles. The van der Waals surface area contributed by atoms with Crippen LogP contribution < -0.4 is 0 Å². The fourth-order valence-electron chi connectivity index (χ4n) is 1.73. The van der Waals surface area contributed by atoms with Gasteiger partial charge in [0.2, 0.25) is 0 Å². The second-order valence-electron chi connectivity index (χ2n) is 4.05. The van der Waals surface area contributed by atoms with Crippen molar-refractivity contribution in [1.29, 1.82) is 0 Å². The number of hydrogen-bond acceptors (Lipinski definition) is 2. The molecule has 2 heteroatoms. The smallest absolute Gasteiger partial charge is 0.0466 e. The average molecular weight is 200 g/mol. The predicted molar refractivity (Wildman–Crippen MR) is 58.6 cm³/mol. The van der Waals surface area contributed by atoms with Crippen molar-refractivity contribution in [2.45, 2.75) is 51.4 Å². The third-order valence-corrected chi connectivity index (χ3v) is 2.65. The Balaban J connectivity index is 2.00. The van der Waals surface area contributed by atoms with Gasteiger partial charge in [0.05, 0.1) is 0 Å². The average Bonchev–Trinajstić information content (AvgIpc) is 2.22. The molecule has 0 aromatic carbocycles. The summed E-state index contributed by atoms with van der Waals surface area (Å²) in [5.41, 5.74) is 0. The molecule has 1 aliphatic rings. The van der Waals surface area contributed by atoms with Crippen LogP contribution in [0.1, 0.15) is 51.4 Å². The van der Waals surface area contributed by atoms with Crippen molar-refractivity contribution in [3.05, 3.63) is 0 Å². The van der Waals surface area contributed by atoms with Gasteiger partial charge in [-0.15, -0.1) is 0 Å². The summed E-state index contributed by atoms with van der Waals surface area (Å²) < 4.78 is 11.0. The Bertz CT molecular complexity index is 61.6. The summed E-state index contributed by atoms with van der Waals surface area (Å²) in [4.78, 5) is 0. The molecular formula is C12H24O2. The Labute approximate surface area is 88.0 Å². The SMILES string of the molecule is C1CCCCOCCCCOCCC1. The van der Waals surface area contributed by atoms with E-state index in [9.17, 15) is 0 Å². The molecule has 0 N–H and O–H groups in total. The van der Waals surface area contributed by atoms with Crippen LogP contribution in [0.4, 0.5) is 0 Å².